The molecule has 8 nitrogen and oxygen atoms in total. The van der Waals surface area contributed by atoms with Crippen LogP contribution in [0, 0.1) is 0 Å². The molecule has 3 atom stereocenters. The summed E-state index contributed by atoms with van der Waals surface area (Å²) in [7, 11) is 2.12. The van der Waals surface area contributed by atoms with Gasteiger partial charge in [0.15, 0.2) is 11.5 Å². The Bertz CT molecular complexity index is 933. The minimum Gasteiger partial charge on any atom is -0.485 e. The molecule has 0 saturated carbocycles. The number of amides is 2. The van der Waals surface area contributed by atoms with Gasteiger partial charge in [-0.05, 0) is 50.6 Å². The third kappa shape index (κ3) is 5.02. The van der Waals surface area contributed by atoms with Gasteiger partial charge < -0.3 is 29.7 Å². The summed E-state index contributed by atoms with van der Waals surface area (Å²) in [5.41, 5.74) is 1.95. The number of unbranched alkanes of at least 4 members (excludes halogenated alkanes) is 2. The van der Waals surface area contributed by atoms with Crippen LogP contribution in [0.2, 0.25) is 0 Å². The van der Waals surface area contributed by atoms with Crippen molar-refractivity contribution in [3.63, 3.8) is 0 Å². The summed E-state index contributed by atoms with van der Waals surface area (Å²) in [6.07, 6.45) is 7.99. The molecule has 186 valence electrons. The van der Waals surface area contributed by atoms with Crippen molar-refractivity contribution < 1.29 is 23.8 Å². The lowest BCUT2D eigenvalue weighted by molar-refractivity contribution is 0.0605. The first-order valence-electron chi connectivity index (χ1n) is 12.6. The molecule has 3 aliphatic rings. The van der Waals surface area contributed by atoms with Crippen molar-refractivity contribution in [2.45, 2.75) is 76.5 Å². The van der Waals surface area contributed by atoms with Gasteiger partial charge in [-0.15, -0.1) is 0 Å². The zero-order valence-electron chi connectivity index (χ0n) is 20.5. The molecule has 1 spiro atoms. The second-order valence-corrected chi connectivity index (χ2v) is 9.55. The number of alkyl carbamates (subject to hydrolysis) is 1. The summed E-state index contributed by atoms with van der Waals surface area (Å²) >= 11 is 0. The van der Waals surface area contributed by atoms with Crippen molar-refractivity contribution in [2.24, 2.45) is 0 Å². The highest BCUT2D eigenvalue weighted by atomic mass is 16.6. The molecule has 0 fully saturated rings. The Morgan fingerprint density at radius 1 is 1.15 bits per heavy atom. The molecule has 8 heteroatoms. The third-order valence-corrected chi connectivity index (χ3v) is 6.97. The highest BCUT2D eigenvalue weighted by Crippen LogP contribution is 2.55. The lowest BCUT2D eigenvalue weighted by Gasteiger charge is -2.36. The molecule has 1 aromatic rings. The number of nitrogens with zero attached hydrogens (tertiary/aromatic N) is 1. The predicted molar refractivity (Wildman–Crippen MR) is 129 cm³/mol. The fourth-order valence-electron chi connectivity index (χ4n) is 5.12. The van der Waals surface area contributed by atoms with E-state index in [1.807, 2.05) is 18.2 Å². The average molecular weight is 472 g/mol. The zero-order valence-corrected chi connectivity index (χ0v) is 20.5. The van der Waals surface area contributed by atoms with E-state index < -0.39 is 12.2 Å². The Labute approximate surface area is 202 Å². The summed E-state index contributed by atoms with van der Waals surface area (Å²) < 4.78 is 17.8. The Hall–Kier alpha value is -2.74. The van der Waals surface area contributed by atoms with Crippen LogP contribution in [0.15, 0.2) is 24.3 Å². The third-order valence-electron chi connectivity index (χ3n) is 6.97. The summed E-state index contributed by atoms with van der Waals surface area (Å²) in [4.78, 5) is 26.9. The van der Waals surface area contributed by atoms with E-state index in [0.29, 0.717) is 31.0 Å². The molecule has 1 aliphatic carbocycles. The number of ether oxygens (including phenoxy) is 3. The van der Waals surface area contributed by atoms with Crippen molar-refractivity contribution in [1.82, 2.24) is 15.5 Å². The monoisotopic (exact) mass is 471 g/mol. The molecule has 0 unspecified atom stereocenters. The van der Waals surface area contributed by atoms with E-state index in [0.717, 1.165) is 50.8 Å². The molecule has 2 heterocycles. The maximum absolute atomic E-state index is 12.4. The number of hydrogen-bond donors (Lipinski definition) is 2. The van der Waals surface area contributed by atoms with E-state index in [2.05, 4.69) is 42.5 Å². The Morgan fingerprint density at radius 3 is 2.62 bits per heavy atom. The van der Waals surface area contributed by atoms with Gasteiger partial charge in [0.1, 0.15) is 12.2 Å². The fourth-order valence-corrected chi connectivity index (χ4v) is 5.12. The van der Waals surface area contributed by atoms with Crippen LogP contribution in [0.3, 0.4) is 0 Å². The Morgan fingerprint density at radius 2 is 1.88 bits per heavy atom. The highest BCUT2D eigenvalue weighted by Gasteiger charge is 2.53. The van der Waals surface area contributed by atoms with Crippen LogP contribution >= 0.6 is 0 Å². The predicted octanol–water partition coefficient (Wildman–Crippen LogP) is 4.26. The Kier molecular flexibility index (Phi) is 7.66. The first kappa shape index (κ1) is 24.4. The zero-order chi connectivity index (χ0) is 24.1. The van der Waals surface area contributed by atoms with Crippen LogP contribution in [0.25, 0.3) is 0 Å². The smallest absolute Gasteiger partial charge is 0.412 e. The van der Waals surface area contributed by atoms with E-state index >= 15 is 0 Å². The quantitative estimate of drug-likeness (QED) is 0.435. The topological polar surface area (TPSA) is 89.1 Å². The summed E-state index contributed by atoms with van der Waals surface area (Å²) in [5.74, 6) is 1.08. The van der Waals surface area contributed by atoms with Crippen LogP contribution in [0.1, 0.15) is 63.5 Å². The fraction of sp³-hybridized carbons (Fsp3) is 0.615. The van der Waals surface area contributed by atoms with Gasteiger partial charge in [-0.25, -0.2) is 9.59 Å². The van der Waals surface area contributed by atoms with Gasteiger partial charge in [0.05, 0.1) is 5.41 Å². The summed E-state index contributed by atoms with van der Waals surface area (Å²) in [6.45, 7) is 7.06. The molecule has 0 bridgehead atoms. The van der Waals surface area contributed by atoms with Crippen molar-refractivity contribution in [3.8, 4) is 11.5 Å². The minimum absolute atomic E-state index is 0.195. The number of carbonyl (C=O) groups is 2. The lowest BCUT2D eigenvalue weighted by atomic mass is 9.69. The van der Waals surface area contributed by atoms with E-state index in [1.165, 1.54) is 5.56 Å². The van der Waals surface area contributed by atoms with Crippen LogP contribution in [-0.4, -0.2) is 56.0 Å². The molecule has 0 saturated heterocycles. The lowest BCUT2D eigenvalue weighted by Crippen LogP contribution is -2.44. The minimum atomic E-state index is -0.469. The largest absolute Gasteiger partial charge is 0.485 e. The maximum atomic E-state index is 12.4. The first-order valence-corrected chi connectivity index (χ1v) is 12.6. The molecule has 2 amide bonds. The van der Waals surface area contributed by atoms with E-state index in [1.54, 1.807) is 0 Å². The first-order chi connectivity index (χ1) is 16.5. The average Bonchev–Trinajstić information content (AvgIpc) is 3.07. The molecule has 34 heavy (non-hydrogen) atoms. The second kappa shape index (κ2) is 10.7. The molecule has 2 N–H and O–H groups in total. The van der Waals surface area contributed by atoms with Gasteiger partial charge in [0.2, 0.25) is 0 Å². The number of benzene rings is 1. The molecule has 4 rings (SSSR count). The molecule has 1 aromatic carbocycles. The number of hydrogen-bond acceptors (Lipinski definition) is 6. The van der Waals surface area contributed by atoms with Crippen molar-refractivity contribution in [1.29, 1.82) is 0 Å². The van der Waals surface area contributed by atoms with Crippen molar-refractivity contribution in [2.75, 3.05) is 26.7 Å². The summed E-state index contributed by atoms with van der Waals surface area (Å²) in [6, 6.07) is 3.87. The van der Waals surface area contributed by atoms with Crippen LogP contribution in [-0.2, 0) is 16.7 Å². The molecular weight excluding hydrogens is 434 g/mol. The second-order valence-electron chi connectivity index (χ2n) is 9.55. The van der Waals surface area contributed by atoms with E-state index in [-0.39, 0.29) is 17.6 Å². The highest BCUT2D eigenvalue weighted by molar-refractivity contribution is 5.73. The van der Waals surface area contributed by atoms with Gasteiger partial charge in [0.25, 0.3) is 0 Å². The van der Waals surface area contributed by atoms with E-state index in [9.17, 15) is 9.59 Å². The molecule has 0 radical (unpaired) electrons. The normalized spacial score (nSPS) is 24.9. The molecular formula is C26H37N3O5. The summed E-state index contributed by atoms with van der Waals surface area (Å²) in [5, 5.41) is 5.62. The van der Waals surface area contributed by atoms with Gasteiger partial charge in [-0.3, -0.25) is 0 Å². The van der Waals surface area contributed by atoms with Crippen LogP contribution in [0.4, 0.5) is 9.59 Å². The van der Waals surface area contributed by atoms with Crippen molar-refractivity contribution >= 4 is 12.2 Å². The van der Waals surface area contributed by atoms with E-state index in [4.69, 9.17) is 14.2 Å². The van der Waals surface area contributed by atoms with Crippen molar-refractivity contribution in [3.05, 3.63) is 35.4 Å². The van der Waals surface area contributed by atoms with Gasteiger partial charge >= 0.3 is 12.2 Å². The standard InChI is InChI=1S/C26H37N3O5/c1-4-6-13-27-24(30)32-19-10-11-26-12-15-29(3)17-18-8-9-20(33-25(31)28-14-7-5-2)23(22(18)26)34-21(26)16-19/h8-11,19,21H,4-7,12-17H2,1-3H3,(H,27,30)(H,28,31)/t19-,21-,26-/m0/s1. The SMILES string of the molecule is CCCCNC(=O)Oc1ccc2c3c1O[C@H]1C[C@@H](OC(=O)NCCCC)C=C[C@@]31CCN(C)C2. The van der Waals surface area contributed by atoms with Gasteiger partial charge in [-0.1, -0.05) is 38.8 Å². The van der Waals surface area contributed by atoms with Crippen LogP contribution < -0.4 is 20.1 Å². The maximum Gasteiger partial charge on any atom is 0.412 e. The molecule has 2 aliphatic heterocycles. The number of rotatable bonds is 8. The van der Waals surface area contributed by atoms with Gasteiger partial charge in [-0.2, -0.15) is 0 Å². The molecule has 0 aromatic heterocycles. The van der Waals surface area contributed by atoms with Gasteiger partial charge in [0, 0.05) is 31.6 Å². The Balaban J connectivity index is 1.56. The number of nitrogens with one attached hydrogen (secondary N) is 2. The number of carbonyl (C=O) groups excluding carboxylic acids is 2. The van der Waals surface area contributed by atoms with Crippen LogP contribution in [0.5, 0.6) is 11.5 Å².